The van der Waals surface area contributed by atoms with Crippen LogP contribution in [-0.2, 0) is 0 Å². The zero-order chi connectivity index (χ0) is 30.6. The van der Waals surface area contributed by atoms with Gasteiger partial charge in [0.05, 0.1) is 5.52 Å². The minimum Gasteiger partial charge on any atom is -0.233 e. The van der Waals surface area contributed by atoms with Gasteiger partial charge in [-0.1, -0.05) is 128 Å². The van der Waals surface area contributed by atoms with Crippen molar-refractivity contribution in [3.8, 4) is 11.1 Å². The highest BCUT2D eigenvalue weighted by Crippen LogP contribution is 2.34. The number of rotatable bonds is 6. The van der Waals surface area contributed by atoms with Crippen molar-refractivity contribution in [3.05, 3.63) is 172 Å². The van der Waals surface area contributed by atoms with Gasteiger partial charge in [0.15, 0.2) is 5.82 Å². The topological polar surface area (TPSA) is 25.2 Å². The third-order valence-electron chi connectivity index (χ3n) is 8.27. The fourth-order valence-corrected chi connectivity index (χ4v) is 5.92. The number of nitrogens with zero attached hydrogens (tertiary/aromatic N) is 2. The van der Waals surface area contributed by atoms with E-state index in [1.807, 2.05) is 18.2 Å². The summed E-state index contributed by atoms with van der Waals surface area (Å²) in [5, 5.41) is 3.43. The summed E-state index contributed by atoms with van der Waals surface area (Å²) in [6, 6.07) is 44.7. The van der Waals surface area contributed by atoms with Gasteiger partial charge in [-0.25, -0.2) is 9.98 Å². The number of hydrogen-bond donors (Lipinski definition) is 0. The highest BCUT2D eigenvalue weighted by Gasteiger charge is 2.14. The molecule has 0 aliphatic rings. The Morgan fingerprint density at radius 1 is 0.682 bits per heavy atom. The van der Waals surface area contributed by atoms with E-state index in [-0.39, 0.29) is 0 Å². The van der Waals surface area contributed by atoms with E-state index in [9.17, 15) is 0 Å². The van der Waals surface area contributed by atoms with Crippen LogP contribution in [-0.4, -0.2) is 10.7 Å². The van der Waals surface area contributed by atoms with Crippen molar-refractivity contribution >= 4 is 39.7 Å². The normalized spacial score (nSPS) is 12.8. The Labute approximate surface area is 260 Å². The van der Waals surface area contributed by atoms with Crippen LogP contribution >= 0.6 is 0 Å². The maximum Gasteiger partial charge on any atom is 0.155 e. The minimum atomic E-state index is 0.745. The van der Waals surface area contributed by atoms with Gasteiger partial charge in [-0.2, -0.15) is 0 Å². The van der Waals surface area contributed by atoms with Gasteiger partial charge in [-0.15, -0.1) is 0 Å². The van der Waals surface area contributed by atoms with Crippen molar-refractivity contribution in [3.63, 3.8) is 0 Å². The van der Waals surface area contributed by atoms with Crippen LogP contribution < -0.4 is 10.4 Å². The molecule has 0 N–H and O–H groups in total. The summed E-state index contributed by atoms with van der Waals surface area (Å²) < 4.78 is 0. The van der Waals surface area contributed by atoms with Gasteiger partial charge in [0.2, 0.25) is 0 Å². The first-order chi connectivity index (χ1) is 21.4. The van der Waals surface area contributed by atoms with Crippen LogP contribution in [0.2, 0.25) is 0 Å². The van der Waals surface area contributed by atoms with Crippen molar-refractivity contribution in [1.29, 1.82) is 0 Å². The summed E-state index contributed by atoms with van der Waals surface area (Å²) in [4.78, 5) is 10.0. The third-order valence-corrected chi connectivity index (χ3v) is 8.27. The van der Waals surface area contributed by atoms with E-state index in [1.54, 1.807) is 0 Å². The number of para-hydroxylation sites is 1. The lowest BCUT2D eigenvalue weighted by Crippen LogP contribution is -2.28. The summed E-state index contributed by atoms with van der Waals surface area (Å²) in [6.07, 6.45) is 2.15. The van der Waals surface area contributed by atoms with Gasteiger partial charge in [-0.3, -0.25) is 0 Å². The lowest BCUT2D eigenvalue weighted by atomic mass is 9.89. The van der Waals surface area contributed by atoms with Gasteiger partial charge in [-0.05, 0) is 94.8 Å². The smallest absolute Gasteiger partial charge is 0.155 e. The molecule has 1 aromatic heterocycles. The molecule has 0 amide bonds. The van der Waals surface area contributed by atoms with E-state index in [0.29, 0.717) is 0 Å². The van der Waals surface area contributed by atoms with Gasteiger partial charge >= 0.3 is 0 Å². The van der Waals surface area contributed by atoms with Crippen molar-refractivity contribution in [2.75, 3.05) is 0 Å². The molecular formula is C42H36N2. The first-order valence-corrected chi connectivity index (χ1v) is 15.1. The molecule has 6 aromatic rings. The van der Waals surface area contributed by atoms with E-state index in [1.165, 1.54) is 21.9 Å². The molecule has 0 unspecified atom stereocenters. The molecule has 2 heteroatoms. The largest absolute Gasteiger partial charge is 0.233 e. The Morgan fingerprint density at radius 3 is 2.09 bits per heavy atom. The molecule has 0 aliphatic heterocycles. The maximum atomic E-state index is 5.13. The fraction of sp³-hybridized carbons (Fsp3) is 0.0952. The average molecular weight is 569 g/mol. The Bertz CT molecular complexity index is 2170. The average Bonchev–Trinajstić information content (AvgIpc) is 3.06. The standard InChI is InChI=1S/C42H36N2/c1-6-32-16-8-11-20-38(32)41(31(5)43-42-29(3)27-35-17-9-14-22-40(35)44-42)34-25-23-33(24-26-34)30(4)37-19-12-13-21-39(37)36-18-10-7-15-28(36)2/h6-27H,4H2,1-3,5H3/b32-6-,41-38+,43-31?. The predicted octanol–water partition coefficient (Wildman–Crippen LogP) is 9.37. The Morgan fingerprint density at radius 2 is 1.32 bits per heavy atom. The lowest BCUT2D eigenvalue weighted by Gasteiger charge is -2.15. The molecule has 0 radical (unpaired) electrons. The molecule has 0 bridgehead atoms. The van der Waals surface area contributed by atoms with Crippen molar-refractivity contribution < 1.29 is 0 Å². The van der Waals surface area contributed by atoms with E-state index in [0.717, 1.165) is 61.1 Å². The molecule has 1 heterocycles. The van der Waals surface area contributed by atoms with E-state index >= 15 is 0 Å². The van der Waals surface area contributed by atoms with Gasteiger partial charge in [0, 0.05) is 16.7 Å². The summed E-state index contributed by atoms with van der Waals surface area (Å²) in [6.45, 7) is 13.0. The Kier molecular flexibility index (Phi) is 8.16. The van der Waals surface area contributed by atoms with Gasteiger partial charge < -0.3 is 0 Å². The zero-order valence-electron chi connectivity index (χ0n) is 25.8. The molecular weight excluding hydrogens is 532 g/mol. The molecule has 0 saturated carbocycles. The van der Waals surface area contributed by atoms with Crippen LogP contribution in [0, 0.1) is 13.8 Å². The minimum absolute atomic E-state index is 0.745. The maximum absolute atomic E-state index is 5.13. The molecule has 0 fully saturated rings. The molecule has 0 aliphatic carbocycles. The van der Waals surface area contributed by atoms with Crippen LogP contribution in [0.25, 0.3) is 39.3 Å². The highest BCUT2D eigenvalue weighted by atomic mass is 14.9. The molecule has 0 saturated heterocycles. The quantitative estimate of drug-likeness (QED) is 0.184. The monoisotopic (exact) mass is 568 g/mol. The van der Waals surface area contributed by atoms with Gasteiger partial charge in [0.25, 0.3) is 0 Å². The second-order valence-corrected chi connectivity index (χ2v) is 11.2. The molecule has 214 valence electrons. The summed E-state index contributed by atoms with van der Waals surface area (Å²) in [7, 11) is 0. The van der Waals surface area contributed by atoms with Gasteiger partial charge in [0.1, 0.15) is 0 Å². The molecule has 5 aromatic carbocycles. The number of aromatic nitrogens is 1. The second-order valence-electron chi connectivity index (χ2n) is 11.2. The molecule has 2 nitrogen and oxygen atoms in total. The molecule has 6 rings (SSSR count). The predicted molar refractivity (Wildman–Crippen MR) is 189 cm³/mol. The SMILES string of the molecule is C=C(c1ccc(/C(C(C)=Nc2nc3ccccc3cc2C)=c2\cccc\c2=C\C)cc1)c1ccccc1-c1ccccc1C. The van der Waals surface area contributed by atoms with Crippen LogP contribution in [0.1, 0.15) is 41.7 Å². The summed E-state index contributed by atoms with van der Waals surface area (Å²) in [5.41, 5.74) is 12.0. The fourth-order valence-electron chi connectivity index (χ4n) is 5.92. The first kappa shape index (κ1) is 28.8. The Hall–Kier alpha value is -5.34. The van der Waals surface area contributed by atoms with Crippen LogP contribution in [0.4, 0.5) is 5.82 Å². The number of aliphatic imine (C=N–C) groups is 1. The van der Waals surface area contributed by atoms with E-state index in [2.05, 4.69) is 150 Å². The second kappa shape index (κ2) is 12.5. The number of hydrogen-bond acceptors (Lipinski definition) is 2. The van der Waals surface area contributed by atoms with Crippen molar-refractivity contribution in [1.82, 2.24) is 4.98 Å². The number of fused-ring (bicyclic) bond motifs is 1. The first-order valence-electron chi connectivity index (χ1n) is 15.1. The molecule has 44 heavy (non-hydrogen) atoms. The lowest BCUT2D eigenvalue weighted by molar-refractivity contribution is 1.27. The van der Waals surface area contributed by atoms with Crippen LogP contribution in [0.3, 0.4) is 0 Å². The number of benzene rings is 5. The summed E-state index contributed by atoms with van der Waals surface area (Å²) >= 11 is 0. The third kappa shape index (κ3) is 5.67. The van der Waals surface area contributed by atoms with Crippen LogP contribution in [0.5, 0.6) is 0 Å². The molecule has 0 spiro atoms. The van der Waals surface area contributed by atoms with E-state index < -0.39 is 0 Å². The van der Waals surface area contributed by atoms with E-state index in [4.69, 9.17) is 9.98 Å². The van der Waals surface area contributed by atoms with Crippen LogP contribution in [0.15, 0.2) is 139 Å². The zero-order valence-corrected chi connectivity index (χ0v) is 25.8. The van der Waals surface area contributed by atoms with Crippen molar-refractivity contribution in [2.24, 2.45) is 4.99 Å². The molecule has 0 atom stereocenters. The number of pyridine rings is 1. The highest BCUT2D eigenvalue weighted by molar-refractivity contribution is 6.23. The Balaban J connectivity index is 1.45. The van der Waals surface area contributed by atoms with Crippen molar-refractivity contribution in [2.45, 2.75) is 27.7 Å². The summed E-state index contributed by atoms with van der Waals surface area (Å²) in [5.74, 6) is 0.745. The number of aryl methyl sites for hydroxylation is 2.